The molecule has 0 unspecified atom stereocenters. The van der Waals surface area contributed by atoms with Gasteiger partial charge in [0.2, 0.25) is 0 Å². The van der Waals surface area contributed by atoms with E-state index in [4.69, 9.17) is 27.9 Å². The van der Waals surface area contributed by atoms with Gasteiger partial charge in [-0.15, -0.1) is 11.3 Å². The molecule has 0 radical (unpaired) electrons. The van der Waals surface area contributed by atoms with E-state index in [1.165, 1.54) is 22.5 Å². The van der Waals surface area contributed by atoms with Gasteiger partial charge in [-0.05, 0) is 23.3 Å². The van der Waals surface area contributed by atoms with E-state index in [2.05, 4.69) is 23.1 Å². The van der Waals surface area contributed by atoms with Crippen molar-refractivity contribution >= 4 is 40.4 Å². The Morgan fingerprint density at radius 1 is 1.16 bits per heavy atom. The first kappa shape index (κ1) is 17.2. The van der Waals surface area contributed by atoms with Gasteiger partial charge >= 0.3 is 0 Å². The predicted molar refractivity (Wildman–Crippen MR) is 101 cm³/mol. The van der Waals surface area contributed by atoms with Crippen LogP contribution in [-0.4, -0.2) is 48.5 Å². The van der Waals surface area contributed by atoms with Crippen molar-refractivity contribution in [2.24, 2.45) is 0 Å². The van der Waals surface area contributed by atoms with Gasteiger partial charge in [0.25, 0.3) is 5.91 Å². The number of fused-ring (bicyclic) bond motifs is 1. The highest BCUT2D eigenvalue weighted by molar-refractivity contribution is 7.20. The van der Waals surface area contributed by atoms with Crippen LogP contribution in [0.2, 0.25) is 8.67 Å². The van der Waals surface area contributed by atoms with Gasteiger partial charge < -0.3 is 9.64 Å². The summed E-state index contributed by atoms with van der Waals surface area (Å²) in [4.78, 5) is 16.8. The third-order valence-electron chi connectivity index (χ3n) is 4.71. The number of piperazine rings is 1. The molecule has 25 heavy (non-hydrogen) atoms. The summed E-state index contributed by atoms with van der Waals surface area (Å²) in [5, 5.41) is 0. The second-order valence-electron chi connectivity index (χ2n) is 6.35. The average Bonchev–Trinajstić information content (AvgIpc) is 3.20. The molecule has 1 amide bonds. The third kappa shape index (κ3) is 3.65. The van der Waals surface area contributed by atoms with Gasteiger partial charge in [0, 0.05) is 39.1 Å². The zero-order valence-electron chi connectivity index (χ0n) is 13.6. The van der Waals surface area contributed by atoms with E-state index in [1.54, 1.807) is 6.07 Å². The van der Waals surface area contributed by atoms with Crippen LogP contribution in [0.3, 0.4) is 0 Å². The Bertz CT molecular complexity index is 800. The molecule has 3 heterocycles. The van der Waals surface area contributed by atoms with Crippen LogP contribution in [-0.2, 0) is 13.0 Å². The molecule has 0 spiro atoms. The number of amides is 1. The van der Waals surface area contributed by atoms with Crippen LogP contribution in [0, 0.1) is 0 Å². The van der Waals surface area contributed by atoms with Crippen LogP contribution in [0.25, 0.3) is 0 Å². The largest absolute Gasteiger partial charge is 0.493 e. The molecular formula is C18H18Cl2N2O2S. The minimum atomic E-state index is -0.0255. The molecule has 0 bridgehead atoms. The van der Waals surface area contributed by atoms with Crippen LogP contribution in [0.15, 0.2) is 24.3 Å². The van der Waals surface area contributed by atoms with Gasteiger partial charge in [0.05, 0.1) is 16.5 Å². The van der Waals surface area contributed by atoms with Crippen LogP contribution in [0.5, 0.6) is 5.75 Å². The molecule has 0 atom stereocenters. The maximum Gasteiger partial charge on any atom is 0.256 e. The molecular weight excluding hydrogens is 379 g/mol. The Morgan fingerprint density at radius 2 is 1.96 bits per heavy atom. The van der Waals surface area contributed by atoms with Crippen LogP contribution in [0.4, 0.5) is 0 Å². The molecule has 132 valence electrons. The maximum absolute atomic E-state index is 12.6. The SMILES string of the molecule is O=C(c1cc(Cl)sc1Cl)N1CCN(Cc2ccc3c(c2)CCO3)CC1. The normalized spacial score (nSPS) is 17.4. The molecule has 1 aromatic heterocycles. The number of nitrogens with zero attached hydrogens (tertiary/aromatic N) is 2. The first-order valence-electron chi connectivity index (χ1n) is 8.31. The second kappa shape index (κ2) is 7.16. The molecule has 4 rings (SSSR count). The van der Waals surface area contributed by atoms with Crippen molar-refractivity contribution in [1.82, 2.24) is 9.80 Å². The fourth-order valence-corrected chi connectivity index (χ4v) is 4.81. The van der Waals surface area contributed by atoms with Crippen molar-refractivity contribution < 1.29 is 9.53 Å². The number of carbonyl (C=O) groups excluding carboxylic acids is 1. The molecule has 0 N–H and O–H groups in total. The lowest BCUT2D eigenvalue weighted by molar-refractivity contribution is 0.0629. The molecule has 1 aromatic carbocycles. The van der Waals surface area contributed by atoms with Crippen molar-refractivity contribution in [3.05, 3.63) is 49.6 Å². The summed E-state index contributed by atoms with van der Waals surface area (Å²) in [7, 11) is 0. The van der Waals surface area contributed by atoms with E-state index in [0.29, 0.717) is 27.3 Å². The van der Waals surface area contributed by atoms with Crippen molar-refractivity contribution in [3.8, 4) is 5.75 Å². The Balaban J connectivity index is 1.35. The number of hydrogen-bond donors (Lipinski definition) is 0. The van der Waals surface area contributed by atoms with Gasteiger partial charge in [-0.2, -0.15) is 0 Å². The second-order valence-corrected chi connectivity index (χ2v) is 8.63. The summed E-state index contributed by atoms with van der Waals surface area (Å²) in [5.41, 5.74) is 3.12. The predicted octanol–water partition coefficient (Wildman–Crippen LogP) is 3.95. The number of hydrogen-bond acceptors (Lipinski definition) is 4. The zero-order chi connectivity index (χ0) is 17.4. The monoisotopic (exact) mass is 396 g/mol. The molecule has 1 saturated heterocycles. The van der Waals surface area contributed by atoms with E-state index < -0.39 is 0 Å². The lowest BCUT2D eigenvalue weighted by Gasteiger charge is -2.34. The molecule has 2 aromatic rings. The lowest BCUT2D eigenvalue weighted by Crippen LogP contribution is -2.48. The highest BCUT2D eigenvalue weighted by Crippen LogP contribution is 2.32. The third-order valence-corrected chi connectivity index (χ3v) is 6.19. The minimum absolute atomic E-state index is 0.0255. The fourth-order valence-electron chi connectivity index (χ4n) is 3.36. The molecule has 0 saturated carbocycles. The van der Waals surface area contributed by atoms with Crippen LogP contribution < -0.4 is 4.74 Å². The summed E-state index contributed by atoms with van der Waals surface area (Å²) < 4.78 is 6.58. The topological polar surface area (TPSA) is 32.8 Å². The summed E-state index contributed by atoms with van der Waals surface area (Å²) in [6.45, 7) is 4.81. The van der Waals surface area contributed by atoms with Gasteiger partial charge in [-0.25, -0.2) is 0 Å². The smallest absolute Gasteiger partial charge is 0.256 e. The van der Waals surface area contributed by atoms with E-state index in [0.717, 1.165) is 38.4 Å². The lowest BCUT2D eigenvalue weighted by atomic mass is 10.1. The molecule has 7 heteroatoms. The summed E-state index contributed by atoms with van der Waals surface area (Å²) >= 11 is 13.3. The highest BCUT2D eigenvalue weighted by atomic mass is 35.5. The number of carbonyl (C=O) groups is 1. The Labute approximate surface area is 160 Å². The highest BCUT2D eigenvalue weighted by Gasteiger charge is 2.25. The molecule has 4 nitrogen and oxygen atoms in total. The van der Waals surface area contributed by atoms with Crippen molar-refractivity contribution in [3.63, 3.8) is 0 Å². The van der Waals surface area contributed by atoms with Crippen LogP contribution in [0.1, 0.15) is 21.5 Å². The molecule has 2 aliphatic rings. The van der Waals surface area contributed by atoms with Gasteiger partial charge in [0.15, 0.2) is 0 Å². The number of thiophene rings is 1. The number of rotatable bonds is 3. The molecule has 2 aliphatic heterocycles. The van der Waals surface area contributed by atoms with E-state index in [9.17, 15) is 4.79 Å². The quantitative estimate of drug-likeness (QED) is 0.787. The number of benzene rings is 1. The summed E-state index contributed by atoms with van der Waals surface area (Å²) in [5.74, 6) is 0.993. The zero-order valence-corrected chi connectivity index (χ0v) is 16.0. The molecule has 1 fully saturated rings. The van der Waals surface area contributed by atoms with E-state index >= 15 is 0 Å². The summed E-state index contributed by atoms with van der Waals surface area (Å²) in [6, 6.07) is 8.11. The van der Waals surface area contributed by atoms with Crippen LogP contribution >= 0.6 is 34.5 Å². The fraction of sp³-hybridized carbons (Fsp3) is 0.389. The standard InChI is InChI=1S/C18H18Cl2N2O2S/c19-16-10-14(17(20)25-16)18(23)22-6-4-21(5-7-22)11-12-1-2-15-13(9-12)3-8-24-15/h1-2,9-10H,3-8,11H2. The van der Waals surface area contributed by atoms with Crippen molar-refractivity contribution in [1.29, 1.82) is 0 Å². The first-order valence-corrected chi connectivity index (χ1v) is 9.88. The Hall–Kier alpha value is -1.27. The Morgan fingerprint density at radius 3 is 2.68 bits per heavy atom. The van der Waals surface area contributed by atoms with Crippen molar-refractivity contribution in [2.45, 2.75) is 13.0 Å². The van der Waals surface area contributed by atoms with Gasteiger partial charge in [-0.3, -0.25) is 9.69 Å². The van der Waals surface area contributed by atoms with Crippen molar-refractivity contribution in [2.75, 3.05) is 32.8 Å². The number of halogens is 2. The average molecular weight is 397 g/mol. The van der Waals surface area contributed by atoms with E-state index in [-0.39, 0.29) is 5.91 Å². The van der Waals surface area contributed by atoms with E-state index in [1.807, 2.05) is 4.90 Å². The maximum atomic E-state index is 12.6. The Kier molecular flexibility index (Phi) is 4.91. The molecule has 0 aliphatic carbocycles. The van der Waals surface area contributed by atoms with Gasteiger partial charge in [0.1, 0.15) is 10.1 Å². The minimum Gasteiger partial charge on any atom is -0.493 e. The summed E-state index contributed by atoms with van der Waals surface area (Å²) in [6.07, 6.45) is 0.995. The first-order chi connectivity index (χ1) is 12.1. The number of ether oxygens (including phenoxy) is 1. The van der Waals surface area contributed by atoms with Gasteiger partial charge in [-0.1, -0.05) is 35.3 Å².